The summed E-state index contributed by atoms with van der Waals surface area (Å²) in [5, 5.41) is 0. The van der Waals surface area contributed by atoms with E-state index >= 15 is 0 Å². The van der Waals surface area contributed by atoms with Gasteiger partial charge in [-0.15, -0.1) is 0 Å². The fourth-order valence-electron chi connectivity index (χ4n) is 0.680. The molecule has 0 N–H and O–H groups in total. The molecule has 14 heavy (non-hydrogen) atoms. The second kappa shape index (κ2) is 6.11. The maximum atomic E-state index is 11.0. The van der Waals surface area contributed by atoms with Gasteiger partial charge in [0.25, 0.3) is 0 Å². The molecule has 0 aliphatic heterocycles. The number of rotatable bonds is 5. The Labute approximate surface area is 83.7 Å². The van der Waals surface area contributed by atoms with Gasteiger partial charge in [-0.25, -0.2) is 14.6 Å². The maximum Gasteiger partial charge on any atom is 0.333 e. The number of aliphatic imine (C=N–C) groups is 1. The molecule has 0 aliphatic carbocycles. The van der Waals surface area contributed by atoms with E-state index < -0.39 is 5.97 Å². The molecule has 0 spiro atoms. The molecule has 0 radical (unpaired) electrons. The predicted molar refractivity (Wildman–Crippen MR) is 52.5 cm³/mol. The number of isocyanates is 1. The highest BCUT2D eigenvalue weighted by atomic mass is 16.5. The lowest BCUT2D eigenvalue weighted by atomic mass is 10.1. The predicted octanol–water partition coefficient (Wildman–Crippen LogP) is 1.47. The smallest absolute Gasteiger partial charge is 0.333 e. The van der Waals surface area contributed by atoms with Crippen molar-refractivity contribution in [3.8, 4) is 0 Å². The number of nitrogens with zero attached hydrogens (tertiary/aromatic N) is 1. The molecule has 0 saturated carbocycles. The van der Waals surface area contributed by atoms with Crippen LogP contribution in [0, 0.1) is 5.92 Å². The van der Waals surface area contributed by atoms with Crippen LogP contribution in [0.5, 0.6) is 0 Å². The van der Waals surface area contributed by atoms with Gasteiger partial charge in [-0.2, -0.15) is 0 Å². The topological polar surface area (TPSA) is 55.7 Å². The first-order chi connectivity index (χ1) is 6.49. The van der Waals surface area contributed by atoms with Crippen molar-refractivity contribution < 1.29 is 14.3 Å². The summed E-state index contributed by atoms with van der Waals surface area (Å²) in [6.07, 6.45) is 1.48. The standard InChI is InChI=1S/C10H15NO3/c1-7(2)10(13)14-5-8(3)9(4)11-6-12/h8-9H,1,5H2,2-4H3. The molecular weight excluding hydrogens is 182 g/mol. The van der Waals surface area contributed by atoms with Crippen LogP contribution >= 0.6 is 0 Å². The number of hydrogen-bond acceptors (Lipinski definition) is 4. The zero-order valence-corrected chi connectivity index (χ0v) is 8.74. The molecule has 2 unspecified atom stereocenters. The van der Waals surface area contributed by atoms with Crippen LogP contribution in [0.3, 0.4) is 0 Å². The van der Waals surface area contributed by atoms with E-state index in [1.165, 1.54) is 6.08 Å². The molecule has 0 heterocycles. The van der Waals surface area contributed by atoms with Gasteiger partial charge in [0.15, 0.2) is 0 Å². The molecule has 0 aromatic rings. The monoisotopic (exact) mass is 197 g/mol. The van der Waals surface area contributed by atoms with Gasteiger partial charge in [-0.1, -0.05) is 13.5 Å². The highest BCUT2D eigenvalue weighted by Crippen LogP contribution is 2.07. The molecule has 2 atom stereocenters. The first kappa shape index (κ1) is 12.6. The van der Waals surface area contributed by atoms with Crippen LogP contribution in [0.15, 0.2) is 17.1 Å². The van der Waals surface area contributed by atoms with Crippen LogP contribution in [0.25, 0.3) is 0 Å². The molecule has 0 fully saturated rings. The first-order valence-corrected chi connectivity index (χ1v) is 4.38. The number of ether oxygens (including phenoxy) is 1. The molecule has 0 aliphatic rings. The normalized spacial score (nSPS) is 13.6. The summed E-state index contributed by atoms with van der Waals surface area (Å²) in [6.45, 7) is 8.88. The molecule has 78 valence electrons. The summed E-state index contributed by atoms with van der Waals surface area (Å²) in [5.74, 6) is -0.418. The molecule has 4 heteroatoms. The third-order valence-corrected chi connectivity index (χ3v) is 1.91. The van der Waals surface area contributed by atoms with Crippen molar-refractivity contribution in [1.29, 1.82) is 0 Å². The maximum absolute atomic E-state index is 11.0. The van der Waals surface area contributed by atoms with Crippen molar-refractivity contribution in [2.75, 3.05) is 6.61 Å². The fraction of sp³-hybridized carbons (Fsp3) is 0.600. The van der Waals surface area contributed by atoms with E-state index in [1.807, 2.05) is 6.92 Å². The van der Waals surface area contributed by atoms with Gasteiger partial charge in [0.1, 0.15) is 0 Å². The largest absolute Gasteiger partial charge is 0.462 e. The number of carbonyl (C=O) groups is 1. The second-order valence-electron chi connectivity index (χ2n) is 3.32. The van der Waals surface area contributed by atoms with Gasteiger partial charge >= 0.3 is 5.97 Å². The Kier molecular flexibility index (Phi) is 5.49. The van der Waals surface area contributed by atoms with Gasteiger partial charge in [0.2, 0.25) is 6.08 Å². The van der Waals surface area contributed by atoms with Gasteiger partial charge in [0.05, 0.1) is 12.6 Å². The zero-order valence-electron chi connectivity index (χ0n) is 8.74. The van der Waals surface area contributed by atoms with Crippen molar-refractivity contribution in [2.45, 2.75) is 26.8 Å². The first-order valence-electron chi connectivity index (χ1n) is 4.38. The van der Waals surface area contributed by atoms with Crippen LogP contribution in [0.2, 0.25) is 0 Å². The third-order valence-electron chi connectivity index (χ3n) is 1.91. The third kappa shape index (κ3) is 4.58. The van der Waals surface area contributed by atoms with Crippen LogP contribution in [0.1, 0.15) is 20.8 Å². The molecule has 0 rings (SSSR count). The Morgan fingerprint density at radius 2 is 2.14 bits per heavy atom. The highest BCUT2D eigenvalue weighted by molar-refractivity contribution is 5.86. The molecule has 4 nitrogen and oxygen atoms in total. The lowest BCUT2D eigenvalue weighted by Crippen LogP contribution is -2.20. The van der Waals surface area contributed by atoms with Crippen LogP contribution in [0.4, 0.5) is 0 Å². The minimum atomic E-state index is -0.417. The summed E-state index contributed by atoms with van der Waals surface area (Å²) in [6, 6.07) is -0.189. The van der Waals surface area contributed by atoms with Crippen molar-refractivity contribution in [2.24, 2.45) is 10.9 Å². The van der Waals surface area contributed by atoms with Crippen LogP contribution in [-0.2, 0) is 14.3 Å². The average Bonchev–Trinajstić information content (AvgIpc) is 2.13. The molecule has 0 bridgehead atoms. The quantitative estimate of drug-likeness (QED) is 0.290. The fourth-order valence-corrected chi connectivity index (χ4v) is 0.680. The highest BCUT2D eigenvalue weighted by Gasteiger charge is 2.13. The lowest BCUT2D eigenvalue weighted by molar-refractivity contribution is -0.140. The molecule has 0 saturated heterocycles. The Morgan fingerprint density at radius 3 is 2.57 bits per heavy atom. The number of carbonyl (C=O) groups excluding carboxylic acids is 2. The van der Waals surface area contributed by atoms with Crippen molar-refractivity contribution in [1.82, 2.24) is 0 Å². The van der Waals surface area contributed by atoms with E-state index in [1.54, 1.807) is 13.8 Å². The zero-order chi connectivity index (χ0) is 11.1. The van der Waals surface area contributed by atoms with E-state index in [-0.39, 0.29) is 18.6 Å². The summed E-state index contributed by atoms with van der Waals surface area (Å²) >= 11 is 0. The van der Waals surface area contributed by atoms with Gasteiger partial charge in [-0.3, -0.25) is 0 Å². The molecule has 0 amide bonds. The Hall–Kier alpha value is -1.41. The molecule has 0 aromatic heterocycles. The average molecular weight is 197 g/mol. The minimum absolute atomic E-state index is 0.000231. The lowest BCUT2D eigenvalue weighted by Gasteiger charge is -2.14. The number of esters is 1. The molecule has 0 aromatic carbocycles. The van der Waals surface area contributed by atoms with E-state index in [0.29, 0.717) is 5.57 Å². The summed E-state index contributed by atoms with van der Waals surface area (Å²) < 4.78 is 4.90. The van der Waals surface area contributed by atoms with Crippen molar-refractivity contribution in [3.63, 3.8) is 0 Å². The Bertz CT molecular complexity index is 267. The summed E-state index contributed by atoms with van der Waals surface area (Å²) in [7, 11) is 0. The van der Waals surface area contributed by atoms with E-state index in [0.717, 1.165) is 0 Å². The summed E-state index contributed by atoms with van der Waals surface area (Å²) in [4.78, 5) is 24.5. The van der Waals surface area contributed by atoms with Crippen molar-refractivity contribution >= 4 is 12.0 Å². The van der Waals surface area contributed by atoms with Gasteiger partial charge < -0.3 is 4.74 Å². The van der Waals surface area contributed by atoms with Crippen molar-refractivity contribution in [3.05, 3.63) is 12.2 Å². The van der Waals surface area contributed by atoms with Crippen LogP contribution in [-0.4, -0.2) is 24.7 Å². The van der Waals surface area contributed by atoms with Gasteiger partial charge in [-0.05, 0) is 13.8 Å². The van der Waals surface area contributed by atoms with Gasteiger partial charge in [0, 0.05) is 11.5 Å². The SMILES string of the molecule is C=C(C)C(=O)OCC(C)C(C)N=C=O. The summed E-state index contributed by atoms with van der Waals surface area (Å²) in [5.41, 5.74) is 0.365. The number of hydrogen-bond donors (Lipinski definition) is 0. The molecular formula is C10H15NO3. The van der Waals surface area contributed by atoms with E-state index in [2.05, 4.69) is 11.6 Å². The van der Waals surface area contributed by atoms with E-state index in [4.69, 9.17) is 4.74 Å². The second-order valence-corrected chi connectivity index (χ2v) is 3.32. The van der Waals surface area contributed by atoms with E-state index in [9.17, 15) is 9.59 Å². The Morgan fingerprint density at radius 1 is 1.57 bits per heavy atom. The van der Waals surface area contributed by atoms with Crippen LogP contribution < -0.4 is 0 Å². The Balaban J connectivity index is 3.95. The minimum Gasteiger partial charge on any atom is -0.462 e.